The summed E-state index contributed by atoms with van der Waals surface area (Å²) in [5, 5.41) is 0. The van der Waals surface area contributed by atoms with Crippen LogP contribution in [-0.4, -0.2) is 0 Å². The molecule has 0 aliphatic rings. The van der Waals surface area contributed by atoms with E-state index in [0.717, 1.165) is 0 Å². The topological polar surface area (TPSA) is 0 Å². The summed E-state index contributed by atoms with van der Waals surface area (Å²) in [5.74, 6) is -0.218. The molecule has 0 saturated carbocycles. The number of hydrogen-bond acceptors (Lipinski definition) is 0. The summed E-state index contributed by atoms with van der Waals surface area (Å²) in [6.07, 6.45) is 3.39. The van der Waals surface area contributed by atoms with Gasteiger partial charge in [-0.15, -0.1) is 13.2 Å². The van der Waals surface area contributed by atoms with Crippen LogP contribution in [0.3, 0.4) is 0 Å². The Morgan fingerprint density at radius 3 is 2.23 bits per heavy atom. The first-order chi connectivity index (χ1) is 6.14. The van der Waals surface area contributed by atoms with Crippen molar-refractivity contribution in [2.75, 3.05) is 0 Å². The predicted octanol–water partition coefficient (Wildman–Crippen LogP) is 3.46. The average Bonchev–Trinajstić information content (AvgIpc) is 2.17. The standard InChI is InChI=1S/C12H13F/c1-4-12(3,5-2)10-8-6-7-9-11(10)13/h4-9H,1-2H2,3H3. The van der Waals surface area contributed by atoms with Crippen molar-refractivity contribution in [2.24, 2.45) is 0 Å². The molecule has 0 heterocycles. The maximum atomic E-state index is 13.4. The second-order valence-corrected chi connectivity index (χ2v) is 3.17. The molecule has 0 bridgehead atoms. The predicted molar refractivity (Wildman–Crippen MR) is 54.1 cm³/mol. The second-order valence-electron chi connectivity index (χ2n) is 3.17. The SMILES string of the molecule is C=CC(C)(C=C)c1ccccc1F. The van der Waals surface area contributed by atoms with Gasteiger partial charge in [0.25, 0.3) is 0 Å². The number of hydrogen-bond donors (Lipinski definition) is 0. The first kappa shape index (κ1) is 9.72. The molecule has 0 saturated heterocycles. The Morgan fingerprint density at radius 2 is 1.77 bits per heavy atom. The van der Waals surface area contributed by atoms with E-state index in [0.29, 0.717) is 5.56 Å². The van der Waals surface area contributed by atoms with Gasteiger partial charge in [-0.1, -0.05) is 30.4 Å². The smallest absolute Gasteiger partial charge is 0.127 e. The molecule has 1 rings (SSSR count). The molecular formula is C12H13F. The summed E-state index contributed by atoms with van der Waals surface area (Å²) in [6.45, 7) is 9.25. The van der Waals surface area contributed by atoms with Gasteiger partial charge in [-0.3, -0.25) is 0 Å². The lowest BCUT2D eigenvalue weighted by Crippen LogP contribution is -2.16. The monoisotopic (exact) mass is 176 g/mol. The fourth-order valence-corrected chi connectivity index (χ4v) is 1.20. The Hall–Kier alpha value is -1.37. The van der Waals surface area contributed by atoms with E-state index < -0.39 is 5.41 Å². The van der Waals surface area contributed by atoms with E-state index in [1.807, 2.05) is 13.0 Å². The fraction of sp³-hybridized carbons (Fsp3) is 0.167. The van der Waals surface area contributed by atoms with Crippen LogP contribution in [0.5, 0.6) is 0 Å². The van der Waals surface area contributed by atoms with Gasteiger partial charge in [0.15, 0.2) is 0 Å². The molecule has 0 spiro atoms. The molecule has 0 nitrogen and oxygen atoms in total. The summed E-state index contributed by atoms with van der Waals surface area (Å²) in [7, 11) is 0. The van der Waals surface area contributed by atoms with Gasteiger partial charge >= 0.3 is 0 Å². The van der Waals surface area contributed by atoms with Gasteiger partial charge in [0.1, 0.15) is 5.82 Å². The summed E-state index contributed by atoms with van der Waals surface area (Å²) >= 11 is 0. The molecule has 68 valence electrons. The van der Waals surface area contributed by atoms with Crippen LogP contribution < -0.4 is 0 Å². The van der Waals surface area contributed by atoms with E-state index in [2.05, 4.69) is 13.2 Å². The largest absolute Gasteiger partial charge is 0.207 e. The summed E-state index contributed by atoms with van der Waals surface area (Å²) in [5.41, 5.74) is 0.130. The highest BCUT2D eigenvalue weighted by atomic mass is 19.1. The highest BCUT2D eigenvalue weighted by molar-refractivity contribution is 5.35. The lowest BCUT2D eigenvalue weighted by molar-refractivity contribution is 0.582. The van der Waals surface area contributed by atoms with Crippen molar-refractivity contribution >= 4 is 0 Å². The lowest BCUT2D eigenvalue weighted by Gasteiger charge is -2.21. The number of halogens is 1. The fourth-order valence-electron chi connectivity index (χ4n) is 1.20. The molecule has 0 unspecified atom stereocenters. The van der Waals surface area contributed by atoms with E-state index in [4.69, 9.17) is 0 Å². The maximum Gasteiger partial charge on any atom is 0.127 e. The Bertz CT molecular complexity index is 318. The molecule has 1 heteroatoms. The number of allylic oxidation sites excluding steroid dienone is 2. The second kappa shape index (κ2) is 3.56. The zero-order valence-corrected chi connectivity index (χ0v) is 7.76. The Balaban J connectivity index is 3.27. The van der Waals surface area contributed by atoms with Crippen LogP contribution in [0.4, 0.5) is 4.39 Å². The summed E-state index contributed by atoms with van der Waals surface area (Å²) in [6, 6.07) is 6.67. The molecule has 0 aliphatic heterocycles. The van der Waals surface area contributed by atoms with Crippen molar-refractivity contribution in [1.82, 2.24) is 0 Å². The van der Waals surface area contributed by atoms with E-state index in [-0.39, 0.29) is 5.82 Å². The minimum atomic E-state index is -0.481. The van der Waals surface area contributed by atoms with Crippen molar-refractivity contribution in [3.8, 4) is 0 Å². The molecule has 1 aromatic rings. The molecule has 0 amide bonds. The van der Waals surface area contributed by atoms with E-state index >= 15 is 0 Å². The van der Waals surface area contributed by atoms with Gasteiger partial charge in [0.05, 0.1) is 0 Å². The third-order valence-electron chi connectivity index (χ3n) is 2.30. The third kappa shape index (κ3) is 1.69. The molecular weight excluding hydrogens is 163 g/mol. The van der Waals surface area contributed by atoms with Crippen molar-refractivity contribution in [3.63, 3.8) is 0 Å². The molecule has 0 N–H and O–H groups in total. The average molecular weight is 176 g/mol. The number of rotatable bonds is 3. The van der Waals surface area contributed by atoms with Crippen molar-refractivity contribution in [1.29, 1.82) is 0 Å². The molecule has 1 aromatic carbocycles. The van der Waals surface area contributed by atoms with Crippen LogP contribution in [0.15, 0.2) is 49.6 Å². The maximum absolute atomic E-state index is 13.4. The zero-order valence-electron chi connectivity index (χ0n) is 7.76. The molecule has 0 aliphatic carbocycles. The summed E-state index contributed by atoms with van der Waals surface area (Å²) in [4.78, 5) is 0. The first-order valence-electron chi connectivity index (χ1n) is 4.16. The first-order valence-corrected chi connectivity index (χ1v) is 4.16. The van der Waals surface area contributed by atoms with Crippen LogP contribution in [0.25, 0.3) is 0 Å². The van der Waals surface area contributed by atoms with Crippen LogP contribution in [0, 0.1) is 5.82 Å². The van der Waals surface area contributed by atoms with Crippen LogP contribution >= 0.6 is 0 Å². The Kier molecular flexibility index (Phi) is 2.66. The van der Waals surface area contributed by atoms with Gasteiger partial charge < -0.3 is 0 Å². The highest BCUT2D eigenvalue weighted by Gasteiger charge is 2.21. The molecule has 13 heavy (non-hydrogen) atoms. The van der Waals surface area contributed by atoms with Crippen molar-refractivity contribution < 1.29 is 4.39 Å². The zero-order chi connectivity index (χ0) is 9.90. The van der Waals surface area contributed by atoms with Crippen LogP contribution in [-0.2, 0) is 5.41 Å². The minimum absolute atomic E-state index is 0.218. The lowest BCUT2D eigenvalue weighted by atomic mass is 9.82. The molecule has 0 atom stereocenters. The molecule has 0 aromatic heterocycles. The van der Waals surface area contributed by atoms with Gasteiger partial charge in [-0.2, -0.15) is 0 Å². The van der Waals surface area contributed by atoms with Crippen LogP contribution in [0.2, 0.25) is 0 Å². The Labute approximate surface area is 78.4 Å². The Morgan fingerprint density at radius 1 is 1.23 bits per heavy atom. The van der Waals surface area contributed by atoms with Gasteiger partial charge in [-0.05, 0) is 13.0 Å². The normalized spacial score (nSPS) is 10.9. The van der Waals surface area contributed by atoms with E-state index in [9.17, 15) is 4.39 Å². The quantitative estimate of drug-likeness (QED) is 0.619. The van der Waals surface area contributed by atoms with Crippen LogP contribution in [0.1, 0.15) is 12.5 Å². The van der Waals surface area contributed by atoms with Gasteiger partial charge in [0, 0.05) is 11.0 Å². The van der Waals surface area contributed by atoms with Gasteiger partial charge in [-0.25, -0.2) is 4.39 Å². The van der Waals surface area contributed by atoms with Crippen molar-refractivity contribution in [3.05, 3.63) is 61.0 Å². The van der Waals surface area contributed by atoms with E-state index in [1.165, 1.54) is 6.07 Å². The van der Waals surface area contributed by atoms with Gasteiger partial charge in [0.2, 0.25) is 0 Å². The highest BCUT2D eigenvalue weighted by Crippen LogP contribution is 2.27. The third-order valence-corrected chi connectivity index (χ3v) is 2.30. The van der Waals surface area contributed by atoms with E-state index in [1.54, 1.807) is 24.3 Å². The van der Waals surface area contributed by atoms with Crippen molar-refractivity contribution in [2.45, 2.75) is 12.3 Å². The molecule has 0 radical (unpaired) electrons. The number of benzene rings is 1. The minimum Gasteiger partial charge on any atom is -0.207 e. The summed E-state index contributed by atoms with van der Waals surface area (Å²) < 4.78 is 13.4. The molecule has 0 fully saturated rings.